The minimum Gasteiger partial charge on any atom is -0.493 e. The van der Waals surface area contributed by atoms with E-state index in [2.05, 4.69) is 5.32 Å². The largest absolute Gasteiger partial charge is 0.493 e. The highest BCUT2D eigenvalue weighted by molar-refractivity contribution is 5.94. The quantitative estimate of drug-likeness (QED) is 0.722. The van der Waals surface area contributed by atoms with Gasteiger partial charge in [-0.15, -0.1) is 0 Å². The summed E-state index contributed by atoms with van der Waals surface area (Å²) >= 11 is 0. The number of hydrogen-bond donors (Lipinski definition) is 1. The van der Waals surface area contributed by atoms with Crippen molar-refractivity contribution in [3.63, 3.8) is 0 Å². The maximum absolute atomic E-state index is 12.4. The van der Waals surface area contributed by atoms with E-state index in [9.17, 15) is 9.59 Å². The Kier molecular flexibility index (Phi) is 8.16. The van der Waals surface area contributed by atoms with Crippen LogP contribution in [0.25, 0.3) is 6.08 Å². The Morgan fingerprint density at radius 2 is 1.88 bits per heavy atom. The average molecular weight is 362 g/mol. The molecule has 0 aliphatic heterocycles. The lowest BCUT2D eigenvalue weighted by molar-refractivity contribution is -0.132. The third kappa shape index (κ3) is 7.17. The molecule has 1 aromatic rings. The van der Waals surface area contributed by atoms with Gasteiger partial charge in [0.25, 0.3) is 0 Å². The van der Waals surface area contributed by atoms with Gasteiger partial charge in [-0.05, 0) is 58.4 Å². The predicted molar refractivity (Wildman–Crippen MR) is 103 cm³/mol. The first-order chi connectivity index (χ1) is 12.2. The number of nitrogens with zero attached hydrogens (tertiary/aromatic N) is 1. The minimum atomic E-state index is -0.325. The van der Waals surface area contributed by atoms with E-state index in [0.29, 0.717) is 24.7 Å². The zero-order chi connectivity index (χ0) is 19.7. The van der Waals surface area contributed by atoms with Crippen LogP contribution in [-0.4, -0.2) is 49.1 Å². The van der Waals surface area contributed by atoms with Crippen molar-refractivity contribution in [3.8, 4) is 11.5 Å². The van der Waals surface area contributed by atoms with Crippen LogP contribution < -0.4 is 14.8 Å². The summed E-state index contributed by atoms with van der Waals surface area (Å²) in [6.45, 7) is 10.5. The molecule has 0 heterocycles. The van der Waals surface area contributed by atoms with Gasteiger partial charge in [0.1, 0.15) is 0 Å². The van der Waals surface area contributed by atoms with E-state index in [1.165, 1.54) is 11.0 Å². The van der Waals surface area contributed by atoms with Crippen LogP contribution in [0.1, 0.15) is 40.2 Å². The Labute approximate surface area is 156 Å². The van der Waals surface area contributed by atoms with Crippen molar-refractivity contribution in [2.24, 2.45) is 0 Å². The van der Waals surface area contributed by atoms with Crippen LogP contribution in [0.5, 0.6) is 11.5 Å². The maximum atomic E-state index is 12.4. The second-order valence-corrected chi connectivity index (χ2v) is 6.83. The molecule has 0 saturated carbocycles. The molecule has 1 rings (SSSR count). The number of carbonyl (C=O) groups excluding carboxylic acids is 2. The molecule has 0 bridgehead atoms. The molecular weight excluding hydrogens is 332 g/mol. The third-order valence-electron chi connectivity index (χ3n) is 3.45. The van der Waals surface area contributed by atoms with E-state index in [0.717, 1.165) is 5.56 Å². The summed E-state index contributed by atoms with van der Waals surface area (Å²) in [6, 6.07) is 5.46. The fourth-order valence-corrected chi connectivity index (χ4v) is 2.31. The smallest absolute Gasteiger partial charge is 0.247 e. The minimum absolute atomic E-state index is 0.0313. The number of benzene rings is 1. The van der Waals surface area contributed by atoms with Crippen LogP contribution in [0.15, 0.2) is 24.3 Å². The molecule has 26 heavy (non-hydrogen) atoms. The van der Waals surface area contributed by atoms with E-state index >= 15 is 0 Å². The number of hydrogen-bond acceptors (Lipinski definition) is 4. The molecule has 2 amide bonds. The van der Waals surface area contributed by atoms with Gasteiger partial charge in [0.2, 0.25) is 11.8 Å². The predicted octanol–water partition coefficient (Wildman–Crippen LogP) is 2.87. The highest BCUT2D eigenvalue weighted by Gasteiger charge is 2.18. The van der Waals surface area contributed by atoms with Crippen LogP contribution >= 0.6 is 0 Å². The molecule has 1 aromatic carbocycles. The van der Waals surface area contributed by atoms with Gasteiger partial charge in [-0.3, -0.25) is 9.59 Å². The number of carbonyl (C=O) groups is 2. The van der Waals surface area contributed by atoms with Crippen LogP contribution in [0.4, 0.5) is 0 Å². The Morgan fingerprint density at radius 3 is 2.42 bits per heavy atom. The Hall–Kier alpha value is -2.50. The van der Waals surface area contributed by atoms with Crippen LogP contribution in [-0.2, 0) is 9.59 Å². The summed E-state index contributed by atoms with van der Waals surface area (Å²) in [5.41, 5.74) is 0.489. The van der Waals surface area contributed by atoms with Crippen molar-refractivity contribution in [1.82, 2.24) is 10.2 Å². The van der Waals surface area contributed by atoms with Gasteiger partial charge in [-0.2, -0.15) is 0 Å². The Balaban J connectivity index is 2.79. The summed E-state index contributed by atoms with van der Waals surface area (Å²) < 4.78 is 10.8. The second kappa shape index (κ2) is 9.85. The molecule has 0 spiro atoms. The zero-order valence-corrected chi connectivity index (χ0v) is 16.6. The first kappa shape index (κ1) is 21.5. The van der Waals surface area contributed by atoms with Gasteiger partial charge in [-0.1, -0.05) is 6.07 Å². The lowest BCUT2D eigenvalue weighted by atomic mass is 10.1. The molecule has 0 atom stereocenters. The monoisotopic (exact) mass is 362 g/mol. The lowest BCUT2D eigenvalue weighted by Crippen LogP contribution is -2.47. The maximum Gasteiger partial charge on any atom is 0.247 e. The molecule has 6 nitrogen and oxygen atoms in total. The van der Waals surface area contributed by atoms with Gasteiger partial charge >= 0.3 is 0 Å². The van der Waals surface area contributed by atoms with Crippen LogP contribution in [0, 0.1) is 0 Å². The number of amides is 2. The number of likely N-dealkylation sites (N-methyl/N-ethyl adjacent to an activating group) is 1. The highest BCUT2D eigenvalue weighted by atomic mass is 16.5. The van der Waals surface area contributed by atoms with Gasteiger partial charge < -0.3 is 19.7 Å². The summed E-state index contributed by atoms with van der Waals surface area (Å²) in [7, 11) is 1.57. The summed E-state index contributed by atoms with van der Waals surface area (Å²) in [5.74, 6) is 0.874. The van der Waals surface area contributed by atoms with Crippen molar-refractivity contribution in [3.05, 3.63) is 29.8 Å². The summed E-state index contributed by atoms with van der Waals surface area (Å²) in [5, 5.41) is 2.86. The Bertz CT molecular complexity index is 648. The van der Waals surface area contributed by atoms with Gasteiger partial charge in [0.05, 0.1) is 20.3 Å². The van der Waals surface area contributed by atoms with Gasteiger partial charge in [0, 0.05) is 18.2 Å². The normalized spacial score (nSPS) is 11.3. The fourth-order valence-electron chi connectivity index (χ4n) is 2.31. The highest BCUT2D eigenvalue weighted by Crippen LogP contribution is 2.28. The number of nitrogens with one attached hydrogen (secondary N) is 1. The third-order valence-corrected chi connectivity index (χ3v) is 3.45. The number of rotatable bonds is 8. The van der Waals surface area contributed by atoms with E-state index in [4.69, 9.17) is 9.47 Å². The van der Waals surface area contributed by atoms with Crippen LogP contribution in [0.3, 0.4) is 0 Å². The van der Waals surface area contributed by atoms with Crippen LogP contribution in [0.2, 0.25) is 0 Å². The van der Waals surface area contributed by atoms with Crippen molar-refractivity contribution in [1.29, 1.82) is 0 Å². The van der Waals surface area contributed by atoms with Crippen molar-refractivity contribution in [2.45, 2.75) is 40.2 Å². The molecule has 144 valence electrons. The summed E-state index contributed by atoms with van der Waals surface area (Å²) in [6.07, 6.45) is 3.16. The first-order valence-electron chi connectivity index (χ1n) is 8.79. The average Bonchev–Trinajstić information content (AvgIpc) is 2.57. The van der Waals surface area contributed by atoms with Crippen molar-refractivity contribution < 1.29 is 19.1 Å². The SMILES string of the molecule is CCOc1ccc(/C=C/C(=O)N(CC)CC(=O)NC(C)(C)C)cc1OC. The molecule has 0 radical (unpaired) electrons. The molecule has 1 N–H and O–H groups in total. The Morgan fingerprint density at radius 1 is 1.19 bits per heavy atom. The zero-order valence-electron chi connectivity index (χ0n) is 16.6. The van der Waals surface area contributed by atoms with E-state index < -0.39 is 0 Å². The topological polar surface area (TPSA) is 67.9 Å². The lowest BCUT2D eigenvalue weighted by Gasteiger charge is -2.24. The van der Waals surface area contributed by atoms with E-state index in [-0.39, 0.29) is 23.9 Å². The molecule has 0 aromatic heterocycles. The van der Waals surface area contributed by atoms with E-state index in [1.54, 1.807) is 25.3 Å². The molecule has 0 aliphatic rings. The number of methoxy groups -OCH3 is 1. The fraction of sp³-hybridized carbons (Fsp3) is 0.500. The standard InChI is InChI=1S/C20H30N2O4/c1-7-22(14-18(23)21-20(3,4)5)19(24)12-10-15-9-11-16(26-8-2)17(13-15)25-6/h9-13H,7-8,14H2,1-6H3,(H,21,23)/b12-10+. The molecule has 0 fully saturated rings. The molecule has 0 unspecified atom stereocenters. The molecule has 0 saturated heterocycles. The first-order valence-corrected chi connectivity index (χ1v) is 8.79. The van der Waals surface area contributed by atoms with Crippen molar-refractivity contribution in [2.75, 3.05) is 26.8 Å². The molecule has 0 aliphatic carbocycles. The van der Waals surface area contributed by atoms with Crippen molar-refractivity contribution >= 4 is 17.9 Å². The molecular formula is C20H30N2O4. The second-order valence-electron chi connectivity index (χ2n) is 6.83. The van der Waals surface area contributed by atoms with E-state index in [1.807, 2.05) is 40.7 Å². The van der Waals surface area contributed by atoms with Gasteiger partial charge in [0.15, 0.2) is 11.5 Å². The molecule has 6 heteroatoms. The number of ether oxygens (including phenoxy) is 2. The van der Waals surface area contributed by atoms with Gasteiger partial charge in [-0.25, -0.2) is 0 Å². The summed E-state index contributed by atoms with van der Waals surface area (Å²) in [4.78, 5) is 25.9.